The van der Waals surface area contributed by atoms with E-state index in [1.165, 1.54) is 31.2 Å². The summed E-state index contributed by atoms with van der Waals surface area (Å²) >= 11 is 0. The smallest absolute Gasteiger partial charge is 0.220 e. The van der Waals surface area contributed by atoms with Crippen molar-refractivity contribution >= 4 is 18.3 Å². The van der Waals surface area contributed by atoms with Gasteiger partial charge in [-0.05, 0) is 62.6 Å². The second-order valence-electron chi connectivity index (χ2n) is 7.31. The lowest BCUT2D eigenvalue weighted by Crippen LogP contribution is -2.43. The second-order valence-corrected chi connectivity index (χ2v) is 7.31. The molecule has 0 radical (unpaired) electrons. The molecule has 3 unspecified atom stereocenters. The Balaban J connectivity index is 0.00000208. The molecule has 24 heavy (non-hydrogen) atoms. The van der Waals surface area contributed by atoms with Crippen molar-refractivity contribution in [2.24, 2.45) is 11.8 Å². The third-order valence-corrected chi connectivity index (χ3v) is 5.54. The van der Waals surface area contributed by atoms with Crippen LogP contribution in [-0.2, 0) is 11.2 Å². The van der Waals surface area contributed by atoms with Gasteiger partial charge in [-0.3, -0.25) is 4.79 Å². The van der Waals surface area contributed by atoms with Gasteiger partial charge in [-0.25, -0.2) is 0 Å². The number of carbonyl (C=O) groups excluding carboxylic acids is 1. The van der Waals surface area contributed by atoms with Gasteiger partial charge in [-0.15, -0.1) is 12.4 Å². The first kappa shape index (κ1) is 19.3. The Morgan fingerprint density at radius 3 is 2.67 bits per heavy atom. The first-order valence-corrected chi connectivity index (χ1v) is 9.35. The van der Waals surface area contributed by atoms with Crippen molar-refractivity contribution in [1.82, 2.24) is 10.6 Å². The molecule has 1 aliphatic carbocycles. The molecule has 3 rings (SSSR count). The van der Waals surface area contributed by atoms with E-state index < -0.39 is 0 Å². The monoisotopic (exact) mass is 350 g/mol. The minimum Gasteiger partial charge on any atom is -0.353 e. The van der Waals surface area contributed by atoms with Crippen LogP contribution >= 0.6 is 12.4 Å². The quantitative estimate of drug-likeness (QED) is 0.821. The maximum absolute atomic E-state index is 12.3. The first-order chi connectivity index (χ1) is 11.3. The van der Waals surface area contributed by atoms with Crippen LogP contribution in [-0.4, -0.2) is 25.0 Å². The van der Waals surface area contributed by atoms with Gasteiger partial charge in [0.15, 0.2) is 0 Å². The third kappa shape index (κ3) is 5.78. The maximum Gasteiger partial charge on any atom is 0.220 e. The number of halogens is 1. The fourth-order valence-electron chi connectivity index (χ4n) is 4.13. The number of amides is 1. The summed E-state index contributed by atoms with van der Waals surface area (Å²) < 4.78 is 0. The molecule has 1 aliphatic heterocycles. The van der Waals surface area contributed by atoms with Gasteiger partial charge in [0.05, 0.1) is 0 Å². The van der Waals surface area contributed by atoms with Crippen LogP contribution in [0.25, 0.3) is 0 Å². The van der Waals surface area contributed by atoms with Gasteiger partial charge in [0.25, 0.3) is 0 Å². The van der Waals surface area contributed by atoms with Gasteiger partial charge < -0.3 is 10.6 Å². The molecule has 2 fully saturated rings. The molecule has 1 amide bonds. The van der Waals surface area contributed by atoms with Crippen molar-refractivity contribution in [3.63, 3.8) is 0 Å². The zero-order valence-corrected chi connectivity index (χ0v) is 15.3. The SMILES string of the molecule is Cl.O=C(CCC1CCNC1)NC1CCCCC1Cc1ccccc1. The second kappa shape index (κ2) is 10.0. The molecule has 3 nitrogen and oxygen atoms in total. The number of nitrogens with one attached hydrogen (secondary N) is 2. The van der Waals surface area contributed by atoms with E-state index in [0.717, 1.165) is 32.4 Å². The van der Waals surface area contributed by atoms with Gasteiger partial charge in [0.2, 0.25) is 5.91 Å². The van der Waals surface area contributed by atoms with Crippen LogP contribution in [0, 0.1) is 11.8 Å². The van der Waals surface area contributed by atoms with Crippen LogP contribution in [0.4, 0.5) is 0 Å². The normalized spacial score (nSPS) is 26.6. The standard InChI is InChI=1S/C20H30N2O.ClH/c23-20(11-10-17-12-13-21-15-17)22-19-9-5-4-8-18(19)14-16-6-2-1-3-7-16;/h1-3,6-7,17-19,21H,4-5,8-15H2,(H,22,23);1H. The maximum atomic E-state index is 12.3. The number of rotatable bonds is 6. The summed E-state index contributed by atoms with van der Waals surface area (Å²) in [6.07, 6.45) is 9.00. The summed E-state index contributed by atoms with van der Waals surface area (Å²) in [5.41, 5.74) is 1.40. The minimum atomic E-state index is 0. The van der Waals surface area contributed by atoms with Crippen LogP contribution < -0.4 is 10.6 Å². The van der Waals surface area contributed by atoms with Gasteiger partial charge in [0, 0.05) is 12.5 Å². The van der Waals surface area contributed by atoms with Crippen molar-refractivity contribution in [1.29, 1.82) is 0 Å². The lowest BCUT2D eigenvalue weighted by atomic mass is 9.80. The van der Waals surface area contributed by atoms with E-state index in [4.69, 9.17) is 0 Å². The Bertz CT molecular complexity index is 488. The van der Waals surface area contributed by atoms with Crippen molar-refractivity contribution in [2.75, 3.05) is 13.1 Å². The van der Waals surface area contributed by atoms with Crippen molar-refractivity contribution in [2.45, 2.75) is 57.4 Å². The van der Waals surface area contributed by atoms with Crippen LogP contribution in [0.2, 0.25) is 0 Å². The van der Waals surface area contributed by atoms with E-state index in [1.54, 1.807) is 0 Å². The number of hydrogen-bond acceptors (Lipinski definition) is 2. The highest BCUT2D eigenvalue weighted by molar-refractivity contribution is 5.85. The van der Waals surface area contributed by atoms with E-state index in [-0.39, 0.29) is 18.3 Å². The largest absolute Gasteiger partial charge is 0.353 e. The Kier molecular flexibility index (Phi) is 8.07. The molecule has 2 N–H and O–H groups in total. The topological polar surface area (TPSA) is 41.1 Å². The molecule has 2 aliphatic rings. The van der Waals surface area contributed by atoms with E-state index in [0.29, 0.717) is 24.3 Å². The molecule has 1 aromatic carbocycles. The molecule has 4 heteroatoms. The molecule has 0 aromatic heterocycles. The zero-order valence-electron chi connectivity index (χ0n) is 14.5. The Labute approximate surface area is 152 Å². The van der Waals surface area contributed by atoms with E-state index in [1.807, 2.05) is 0 Å². The Morgan fingerprint density at radius 1 is 1.12 bits per heavy atom. The lowest BCUT2D eigenvalue weighted by Gasteiger charge is -2.32. The van der Waals surface area contributed by atoms with Gasteiger partial charge >= 0.3 is 0 Å². The fraction of sp³-hybridized carbons (Fsp3) is 0.650. The van der Waals surface area contributed by atoms with E-state index in [2.05, 4.69) is 41.0 Å². The summed E-state index contributed by atoms with van der Waals surface area (Å²) in [5, 5.41) is 6.73. The molecule has 1 saturated carbocycles. The van der Waals surface area contributed by atoms with E-state index >= 15 is 0 Å². The summed E-state index contributed by atoms with van der Waals surface area (Å²) in [4.78, 5) is 12.3. The Morgan fingerprint density at radius 2 is 1.92 bits per heavy atom. The molecule has 1 heterocycles. The van der Waals surface area contributed by atoms with Crippen molar-refractivity contribution in [3.05, 3.63) is 35.9 Å². The van der Waals surface area contributed by atoms with Crippen LogP contribution in [0.3, 0.4) is 0 Å². The number of benzene rings is 1. The molecule has 1 saturated heterocycles. The van der Waals surface area contributed by atoms with E-state index in [9.17, 15) is 4.79 Å². The molecular formula is C20H31ClN2O. The average Bonchev–Trinajstić information content (AvgIpc) is 3.09. The highest BCUT2D eigenvalue weighted by Gasteiger charge is 2.26. The molecule has 1 aromatic rings. The first-order valence-electron chi connectivity index (χ1n) is 9.35. The zero-order chi connectivity index (χ0) is 15.9. The fourth-order valence-corrected chi connectivity index (χ4v) is 4.13. The predicted octanol–water partition coefficient (Wildman–Crippen LogP) is 3.72. The molecule has 0 spiro atoms. The van der Waals surface area contributed by atoms with Crippen LogP contribution in [0.5, 0.6) is 0 Å². The minimum absolute atomic E-state index is 0. The average molecular weight is 351 g/mol. The summed E-state index contributed by atoms with van der Waals surface area (Å²) in [5.74, 6) is 1.57. The highest BCUT2D eigenvalue weighted by atomic mass is 35.5. The molecule has 0 bridgehead atoms. The highest BCUT2D eigenvalue weighted by Crippen LogP contribution is 2.28. The Hall–Kier alpha value is -1.06. The predicted molar refractivity (Wildman–Crippen MR) is 101 cm³/mol. The molecule has 3 atom stereocenters. The third-order valence-electron chi connectivity index (χ3n) is 5.54. The lowest BCUT2D eigenvalue weighted by molar-refractivity contribution is -0.122. The number of hydrogen-bond donors (Lipinski definition) is 2. The molecule has 134 valence electrons. The summed E-state index contributed by atoms with van der Waals surface area (Å²) in [7, 11) is 0. The van der Waals surface area contributed by atoms with Gasteiger partial charge in [-0.1, -0.05) is 43.2 Å². The van der Waals surface area contributed by atoms with Crippen LogP contribution in [0.1, 0.15) is 50.5 Å². The van der Waals surface area contributed by atoms with Crippen molar-refractivity contribution in [3.8, 4) is 0 Å². The van der Waals surface area contributed by atoms with Crippen molar-refractivity contribution < 1.29 is 4.79 Å². The van der Waals surface area contributed by atoms with Gasteiger partial charge in [0.1, 0.15) is 0 Å². The number of carbonyl (C=O) groups is 1. The van der Waals surface area contributed by atoms with Gasteiger partial charge in [-0.2, -0.15) is 0 Å². The van der Waals surface area contributed by atoms with Crippen LogP contribution in [0.15, 0.2) is 30.3 Å². The summed E-state index contributed by atoms with van der Waals surface area (Å²) in [6.45, 7) is 2.21. The molecular weight excluding hydrogens is 320 g/mol. The summed E-state index contributed by atoms with van der Waals surface area (Å²) in [6, 6.07) is 11.1.